The first kappa shape index (κ1) is 22.2. The van der Waals surface area contributed by atoms with Crippen LogP contribution in [0.5, 0.6) is 0 Å². The van der Waals surface area contributed by atoms with E-state index in [9.17, 15) is 0 Å². The Morgan fingerprint density at radius 1 is 1.28 bits per heavy atom. The van der Waals surface area contributed by atoms with Crippen LogP contribution in [-0.4, -0.2) is 45.9 Å². The van der Waals surface area contributed by atoms with Gasteiger partial charge < -0.3 is 20.1 Å². The van der Waals surface area contributed by atoms with E-state index < -0.39 is 0 Å². The molecule has 2 atom stereocenters. The predicted molar refractivity (Wildman–Crippen MR) is 114 cm³/mol. The molecule has 0 aromatic heterocycles. The number of rotatable bonds is 8. The first-order chi connectivity index (χ1) is 11.8. The number of halogens is 1. The van der Waals surface area contributed by atoms with Crippen molar-refractivity contribution in [3.05, 3.63) is 35.9 Å². The maximum atomic E-state index is 6.05. The number of nitrogens with zero attached hydrogens (tertiary/aromatic N) is 1. The van der Waals surface area contributed by atoms with Gasteiger partial charge in [-0.1, -0.05) is 30.3 Å². The maximum absolute atomic E-state index is 6.05. The van der Waals surface area contributed by atoms with Crippen LogP contribution in [0.1, 0.15) is 37.9 Å². The topological polar surface area (TPSA) is 54.9 Å². The van der Waals surface area contributed by atoms with Gasteiger partial charge in [0, 0.05) is 45.9 Å². The molecule has 1 aromatic rings. The van der Waals surface area contributed by atoms with E-state index in [4.69, 9.17) is 9.47 Å². The molecule has 1 aromatic carbocycles. The first-order valence-electron chi connectivity index (χ1n) is 9.04. The molecule has 1 heterocycles. The van der Waals surface area contributed by atoms with Gasteiger partial charge in [0.2, 0.25) is 0 Å². The molecule has 2 N–H and O–H groups in total. The van der Waals surface area contributed by atoms with Crippen molar-refractivity contribution in [1.29, 1.82) is 0 Å². The molecule has 1 aliphatic rings. The van der Waals surface area contributed by atoms with Gasteiger partial charge in [-0.25, -0.2) is 0 Å². The van der Waals surface area contributed by atoms with Gasteiger partial charge in [0.15, 0.2) is 5.96 Å². The highest BCUT2D eigenvalue weighted by Gasteiger charge is 2.27. The third kappa shape index (κ3) is 7.92. The lowest BCUT2D eigenvalue weighted by molar-refractivity contribution is -0.0265. The fraction of sp³-hybridized carbons (Fsp3) is 0.632. The Morgan fingerprint density at radius 2 is 2.08 bits per heavy atom. The Hall–Kier alpha value is -0.860. The van der Waals surface area contributed by atoms with Gasteiger partial charge >= 0.3 is 0 Å². The van der Waals surface area contributed by atoms with Crippen molar-refractivity contribution in [3.8, 4) is 0 Å². The summed E-state index contributed by atoms with van der Waals surface area (Å²) in [6.07, 6.45) is 3.45. The van der Waals surface area contributed by atoms with Crippen molar-refractivity contribution >= 4 is 29.9 Å². The zero-order valence-electron chi connectivity index (χ0n) is 15.4. The largest absolute Gasteiger partial charge is 0.382 e. The van der Waals surface area contributed by atoms with E-state index in [1.54, 1.807) is 0 Å². The molecular formula is C19H32IN3O2. The van der Waals surface area contributed by atoms with Crippen LogP contribution < -0.4 is 10.6 Å². The molecule has 1 aliphatic heterocycles. The van der Waals surface area contributed by atoms with Crippen molar-refractivity contribution < 1.29 is 9.47 Å². The second-order valence-electron chi connectivity index (χ2n) is 6.03. The summed E-state index contributed by atoms with van der Waals surface area (Å²) in [6.45, 7) is 6.15. The van der Waals surface area contributed by atoms with E-state index in [1.807, 2.05) is 20.0 Å². The van der Waals surface area contributed by atoms with Crippen LogP contribution in [0.3, 0.4) is 0 Å². The van der Waals surface area contributed by atoms with Gasteiger partial charge in [-0.2, -0.15) is 0 Å². The second kappa shape index (κ2) is 13.4. The van der Waals surface area contributed by atoms with Gasteiger partial charge in [0.25, 0.3) is 0 Å². The Bertz CT molecular complexity index is 485. The average Bonchev–Trinajstić information content (AvgIpc) is 2.65. The van der Waals surface area contributed by atoms with Crippen LogP contribution in [-0.2, 0) is 9.47 Å². The van der Waals surface area contributed by atoms with Crippen LogP contribution in [0.25, 0.3) is 0 Å². The lowest BCUT2D eigenvalue weighted by Crippen LogP contribution is -2.42. The van der Waals surface area contributed by atoms with Crippen LogP contribution >= 0.6 is 24.0 Å². The molecule has 142 valence electrons. The molecule has 6 heteroatoms. The highest BCUT2D eigenvalue weighted by atomic mass is 127. The molecule has 2 rings (SSSR count). The number of nitrogens with one attached hydrogen (secondary N) is 2. The SMILES string of the molecule is CCOCCCNC(=NC)NCC1CCCOC1c1ccccc1.I. The lowest BCUT2D eigenvalue weighted by atomic mass is 9.89. The third-order valence-electron chi connectivity index (χ3n) is 4.29. The molecule has 0 amide bonds. The van der Waals surface area contributed by atoms with Crippen molar-refractivity contribution in [2.24, 2.45) is 10.9 Å². The maximum Gasteiger partial charge on any atom is 0.190 e. The molecule has 1 fully saturated rings. The van der Waals surface area contributed by atoms with E-state index in [1.165, 1.54) is 12.0 Å². The molecule has 0 spiro atoms. The van der Waals surface area contributed by atoms with Crippen molar-refractivity contribution in [1.82, 2.24) is 10.6 Å². The van der Waals surface area contributed by atoms with Gasteiger partial charge in [-0.05, 0) is 31.7 Å². The molecule has 0 aliphatic carbocycles. The molecule has 25 heavy (non-hydrogen) atoms. The fourth-order valence-electron chi connectivity index (χ4n) is 3.04. The summed E-state index contributed by atoms with van der Waals surface area (Å²) in [5.74, 6) is 1.31. The minimum absolute atomic E-state index is 0. The molecule has 0 bridgehead atoms. The number of benzene rings is 1. The normalized spacial score (nSPS) is 20.6. The summed E-state index contributed by atoms with van der Waals surface area (Å²) in [5, 5.41) is 6.79. The monoisotopic (exact) mass is 461 g/mol. The minimum atomic E-state index is 0. The zero-order chi connectivity index (χ0) is 17.0. The number of ether oxygens (including phenoxy) is 2. The van der Waals surface area contributed by atoms with Crippen LogP contribution in [0.4, 0.5) is 0 Å². The number of hydrogen-bond donors (Lipinski definition) is 2. The van der Waals surface area contributed by atoms with Crippen LogP contribution in [0, 0.1) is 5.92 Å². The molecule has 2 unspecified atom stereocenters. The summed E-state index contributed by atoms with van der Waals surface area (Å²) in [7, 11) is 1.81. The summed E-state index contributed by atoms with van der Waals surface area (Å²) >= 11 is 0. The number of aliphatic imine (C=N–C) groups is 1. The molecule has 0 saturated carbocycles. The van der Waals surface area contributed by atoms with Crippen molar-refractivity contribution in [2.45, 2.75) is 32.3 Å². The number of hydrogen-bond acceptors (Lipinski definition) is 3. The van der Waals surface area contributed by atoms with Gasteiger partial charge in [-0.3, -0.25) is 4.99 Å². The van der Waals surface area contributed by atoms with Gasteiger partial charge in [0.1, 0.15) is 0 Å². The summed E-state index contributed by atoms with van der Waals surface area (Å²) in [5.41, 5.74) is 1.27. The Balaban J connectivity index is 0.00000312. The Labute approximate surface area is 169 Å². The van der Waals surface area contributed by atoms with Gasteiger partial charge in [0.05, 0.1) is 6.10 Å². The predicted octanol–water partition coefficient (Wildman–Crippen LogP) is 3.36. The quantitative estimate of drug-likeness (QED) is 0.270. The minimum Gasteiger partial charge on any atom is -0.382 e. The smallest absolute Gasteiger partial charge is 0.190 e. The average molecular weight is 461 g/mol. The molecular weight excluding hydrogens is 429 g/mol. The lowest BCUT2D eigenvalue weighted by Gasteiger charge is -2.32. The second-order valence-corrected chi connectivity index (χ2v) is 6.03. The first-order valence-corrected chi connectivity index (χ1v) is 9.04. The van der Waals surface area contributed by atoms with E-state index >= 15 is 0 Å². The van der Waals surface area contributed by atoms with E-state index in [0.717, 1.165) is 51.7 Å². The third-order valence-corrected chi connectivity index (χ3v) is 4.29. The molecule has 1 saturated heterocycles. The van der Waals surface area contributed by atoms with Crippen LogP contribution in [0.2, 0.25) is 0 Å². The van der Waals surface area contributed by atoms with E-state index in [-0.39, 0.29) is 30.1 Å². The summed E-state index contributed by atoms with van der Waals surface area (Å²) in [4.78, 5) is 4.30. The Kier molecular flexibility index (Phi) is 11.9. The highest BCUT2D eigenvalue weighted by molar-refractivity contribution is 14.0. The van der Waals surface area contributed by atoms with Gasteiger partial charge in [-0.15, -0.1) is 24.0 Å². The number of guanidine groups is 1. The van der Waals surface area contributed by atoms with E-state index in [2.05, 4.69) is 39.9 Å². The van der Waals surface area contributed by atoms with E-state index in [0.29, 0.717) is 5.92 Å². The zero-order valence-corrected chi connectivity index (χ0v) is 17.7. The van der Waals surface area contributed by atoms with Crippen LogP contribution in [0.15, 0.2) is 35.3 Å². The molecule has 0 radical (unpaired) electrons. The van der Waals surface area contributed by atoms with Crippen molar-refractivity contribution in [3.63, 3.8) is 0 Å². The Morgan fingerprint density at radius 3 is 2.80 bits per heavy atom. The van der Waals surface area contributed by atoms with Crippen molar-refractivity contribution in [2.75, 3.05) is 40.0 Å². The highest BCUT2D eigenvalue weighted by Crippen LogP contribution is 2.32. The molecule has 5 nitrogen and oxygen atoms in total. The fourth-order valence-corrected chi connectivity index (χ4v) is 3.04. The summed E-state index contributed by atoms with van der Waals surface area (Å²) < 4.78 is 11.4. The standard InChI is InChI=1S/C19H31N3O2.HI/c1-3-23-13-8-12-21-19(20-2)22-15-17-11-7-14-24-18(17)16-9-5-4-6-10-16;/h4-6,9-10,17-18H,3,7-8,11-15H2,1-2H3,(H2,20,21,22);1H. The summed E-state index contributed by atoms with van der Waals surface area (Å²) in [6, 6.07) is 10.5.